The van der Waals surface area contributed by atoms with Crippen molar-refractivity contribution in [3.63, 3.8) is 0 Å². The maximum absolute atomic E-state index is 12.2. The van der Waals surface area contributed by atoms with E-state index in [4.69, 9.17) is 4.74 Å². The molecule has 2 rings (SSSR count). The monoisotopic (exact) mass is 343 g/mol. The van der Waals surface area contributed by atoms with Gasteiger partial charge in [-0.1, -0.05) is 22.4 Å². The minimum absolute atomic E-state index is 0.0597. The van der Waals surface area contributed by atoms with Crippen molar-refractivity contribution in [3.8, 4) is 5.75 Å². The zero-order valence-electron chi connectivity index (χ0n) is 10.9. The second-order valence-corrected chi connectivity index (χ2v) is 6.87. The van der Waals surface area contributed by atoms with Gasteiger partial charge in [0.1, 0.15) is 5.75 Å². The molecule has 0 aliphatic carbocycles. The van der Waals surface area contributed by atoms with E-state index >= 15 is 0 Å². The molecule has 1 aromatic rings. The summed E-state index contributed by atoms with van der Waals surface area (Å²) in [4.78, 5) is 12.2. The Labute approximate surface area is 126 Å². The summed E-state index contributed by atoms with van der Waals surface area (Å²) in [6.45, 7) is 0.739. The Morgan fingerprint density at radius 1 is 1.53 bits per heavy atom. The highest BCUT2D eigenvalue weighted by molar-refractivity contribution is 9.10. The first-order chi connectivity index (χ1) is 9.20. The molecule has 0 radical (unpaired) electrons. The third kappa shape index (κ3) is 4.14. The van der Waals surface area contributed by atoms with E-state index in [0.717, 1.165) is 11.0 Å². The molecular weight excluding hydrogens is 326 g/mol. The van der Waals surface area contributed by atoms with Gasteiger partial charge in [0.15, 0.2) is 0 Å². The summed E-state index contributed by atoms with van der Waals surface area (Å²) in [6, 6.07) is 5.45. The normalized spacial score (nSPS) is 18.9. The van der Waals surface area contributed by atoms with Gasteiger partial charge >= 0.3 is 0 Å². The lowest BCUT2D eigenvalue weighted by Gasteiger charge is -2.21. The topological polar surface area (TPSA) is 38.3 Å². The van der Waals surface area contributed by atoms with Crippen LogP contribution in [0.3, 0.4) is 0 Å². The first kappa shape index (κ1) is 14.7. The standard InChI is InChI=1S/C14H18BrNO2S/c1-18-13-8-10(15)5-6-12(13)14(17)16-9-11-4-2-3-7-19-11/h5-6,8,11H,2-4,7,9H2,1H3,(H,16,17). The summed E-state index contributed by atoms with van der Waals surface area (Å²) in [7, 11) is 1.58. The van der Waals surface area contributed by atoms with E-state index in [0.29, 0.717) is 16.6 Å². The summed E-state index contributed by atoms with van der Waals surface area (Å²) in [5.74, 6) is 1.75. The predicted octanol–water partition coefficient (Wildman–Crippen LogP) is 3.47. The van der Waals surface area contributed by atoms with E-state index in [9.17, 15) is 4.79 Å². The molecule has 3 nitrogen and oxygen atoms in total. The molecule has 1 atom stereocenters. The number of halogens is 1. The number of ether oxygens (including phenoxy) is 1. The third-order valence-electron chi connectivity index (χ3n) is 3.17. The van der Waals surface area contributed by atoms with E-state index in [1.807, 2.05) is 23.9 Å². The Bertz CT molecular complexity index is 447. The molecule has 19 heavy (non-hydrogen) atoms. The van der Waals surface area contributed by atoms with Gasteiger partial charge in [-0.25, -0.2) is 0 Å². The molecule has 1 aliphatic rings. The maximum atomic E-state index is 12.2. The summed E-state index contributed by atoms with van der Waals surface area (Å²) < 4.78 is 6.15. The van der Waals surface area contributed by atoms with Crippen LogP contribution in [0.5, 0.6) is 5.75 Å². The zero-order chi connectivity index (χ0) is 13.7. The molecule has 1 unspecified atom stereocenters. The number of hydrogen-bond acceptors (Lipinski definition) is 3. The Morgan fingerprint density at radius 3 is 3.05 bits per heavy atom. The van der Waals surface area contributed by atoms with Gasteiger partial charge in [-0.3, -0.25) is 4.79 Å². The number of nitrogens with one attached hydrogen (secondary N) is 1. The summed E-state index contributed by atoms with van der Waals surface area (Å²) in [5.41, 5.74) is 0.589. The Hall–Kier alpha value is -0.680. The van der Waals surface area contributed by atoms with Gasteiger partial charge in [-0.05, 0) is 36.8 Å². The lowest BCUT2D eigenvalue weighted by atomic mass is 10.1. The van der Waals surface area contributed by atoms with Crippen molar-refractivity contribution in [1.82, 2.24) is 5.32 Å². The first-order valence-electron chi connectivity index (χ1n) is 6.44. The summed E-state index contributed by atoms with van der Waals surface area (Å²) in [5, 5.41) is 3.56. The molecule has 1 heterocycles. The molecule has 1 N–H and O–H groups in total. The van der Waals surface area contributed by atoms with E-state index < -0.39 is 0 Å². The van der Waals surface area contributed by atoms with Gasteiger partial charge in [0.25, 0.3) is 5.91 Å². The van der Waals surface area contributed by atoms with E-state index in [1.54, 1.807) is 13.2 Å². The van der Waals surface area contributed by atoms with Crippen molar-refractivity contribution < 1.29 is 9.53 Å². The number of benzene rings is 1. The number of thioether (sulfide) groups is 1. The van der Waals surface area contributed by atoms with Gasteiger partial charge < -0.3 is 10.1 Å². The molecule has 1 aliphatic heterocycles. The van der Waals surface area contributed by atoms with Crippen LogP contribution in [0.4, 0.5) is 0 Å². The molecule has 0 bridgehead atoms. The highest BCUT2D eigenvalue weighted by Crippen LogP contribution is 2.25. The van der Waals surface area contributed by atoms with E-state index in [2.05, 4.69) is 21.2 Å². The van der Waals surface area contributed by atoms with E-state index in [-0.39, 0.29) is 5.91 Å². The van der Waals surface area contributed by atoms with Gasteiger partial charge in [-0.2, -0.15) is 11.8 Å². The van der Waals surface area contributed by atoms with Crippen LogP contribution in [0.1, 0.15) is 29.6 Å². The quantitative estimate of drug-likeness (QED) is 0.909. The average molecular weight is 344 g/mol. The van der Waals surface area contributed by atoms with Crippen LogP contribution >= 0.6 is 27.7 Å². The first-order valence-corrected chi connectivity index (χ1v) is 8.28. The SMILES string of the molecule is COc1cc(Br)ccc1C(=O)NCC1CCCCS1. The highest BCUT2D eigenvalue weighted by Gasteiger charge is 2.17. The number of amides is 1. The van der Waals surface area contributed by atoms with Gasteiger partial charge in [0.2, 0.25) is 0 Å². The second-order valence-electron chi connectivity index (χ2n) is 4.54. The lowest BCUT2D eigenvalue weighted by molar-refractivity contribution is 0.0950. The van der Waals surface area contributed by atoms with Crippen LogP contribution in [0, 0.1) is 0 Å². The number of hydrogen-bond donors (Lipinski definition) is 1. The molecule has 0 aromatic heterocycles. The number of methoxy groups -OCH3 is 1. The van der Waals surface area contributed by atoms with Gasteiger partial charge in [0.05, 0.1) is 12.7 Å². The van der Waals surface area contributed by atoms with Crippen LogP contribution in [-0.2, 0) is 0 Å². The van der Waals surface area contributed by atoms with Gasteiger partial charge in [-0.15, -0.1) is 0 Å². The van der Waals surface area contributed by atoms with Crippen molar-refractivity contribution in [2.24, 2.45) is 0 Å². The van der Waals surface area contributed by atoms with Gasteiger partial charge in [0, 0.05) is 16.3 Å². The molecular formula is C14H18BrNO2S. The van der Waals surface area contributed by atoms with Crippen molar-refractivity contribution in [3.05, 3.63) is 28.2 Å². The minimum Gasteiger partial charge on any atom is -0.496 e. The number of carbonyl (C=O) groups is 1. The Morgan fingerprint density at radius 2 is 2.37 bits per heavy atom. The molecule has 1 aromatic carbocycles. The molecule has 5 heteroatoms. The molecule has 104 valence electrons. The van der Waals surface area contributed by atoms with Crippen LogP contribution in [0.2, 0.25) is 0 Å². The molecule has 0 saturated carbocycles. The fraction of sp³-hybridized carbons (Fsp3) is 0.500. The van der Waals surface area contributed by atoms with Crippen LogP contribution in [-0.4, -0.2) is 30.6 Å². The third-order valence-corrected chi connectivity index (χ3v) is 5.06. The highest BCUT2D eigenvalue weighted by atomic mass is 79.9. The largest absolute Gasteiger partial charge is 0.496 e. The van der Waals surface area contributed by atoms with Crippen molar-refractivity contribution in [2.45, 2.75) is 24.5 Å². The molecule has 1 amide bonds. The number of rotatable bonds is 4. The van der Waals surface area contributed by atoms with Crippen LogP contribution in [0.25, 0.3) is 0 Å². The molecule has 1 saturated heterocycles. The lowest BCUT2D eigenvalue weighted by Crippen LogP contribution is -2.32. The Balaban J connectivity index is 1.95. The van der Waals surface area contributed by atoms with Crippen molar-refractivity contribution >= 4 is 33.6 Å². The zero-order valence-corrected chi connectivity index (χ0v) is 13.4. The molecule has 1 fully saturated rings. The fourth-order valence-electron chi connectivity index (χ4n) is 2.12. The summed E-state index contributed by atoms with van der Waals surface area (Å²) >= 11 is 5.33. The number of carbonyl (C=O) groups excluding carboxylic acids is 1. The predicted molar refractivity (Wildman–Crippen MR) is 83.1 cm³/mol. The fourth-order valence-corrected chi connectivity index (χ4v) is 3.70. The average Bonchev–Trinajstić information content (AvgIpc) is 2.45. The van der Waals surface area contributed by atoms with Crippen molar-refractivity contribution in [1.29, 1.82) is 0 Å². The maximum Gasteiger partial charge on any atom is 0.255 e. The Kier molecular flexibility index (Phi) is 5.58. The molecule has 0 spiro atoms. The smallest absolute Gasteiger partial charge is 0.255 e. The van der Waals surface area contributed by atoms with Crippen LogP contribution < -0.4 is 10.1 Å². The minimum atomic E-state index is -0.0597. The van der Waals surface area contributed by atoms with E-state index in [1.165, 1.54) is 25.0 Å². The second kappa shape index (κ2) is 7.20. The summed E-state index contributed by atoms with van der Waals surface area (Å²) in [6.07, 6.45) is 3.77. The van der Waals surface area contributed by atoms with Crippen molar-refractivity contribution in [2.75, 3.05) is 19.4 Å². The van der Waals surface area contributed by atoms with Crippen LogP contribution in [0.15, 0.2) is 22.7 Å².